The van der Waals surface area contributed by atoms with E-state index in [0.29, 0.717) is 11.6 Å². The molecule has 0 unspecified atom stereocenters. The van der Waals surface area contributed by atoms with Crippen molar-refractivity contribution in [2.75, 3.05) is 6.54 Å². The van der Waals surface area contributed by atoms with E-state index >= 15 is 0 Å². The van der Waals surface area contributed by atoms with Crippen LogP contribution in [0.1, 0.15) is 45.5 Å². The summed E-state index contributed by atoms with van der Waals surface area (Å²) in [7, 11) is 0. The SMILES string of the molecule is O=C(CCCC(=O)ON1C(=O)c2ccccc2C1=O)NCCc1ccccc1. The third-order valence-electron chi connectivity index (χ3n) is 4.31. The van der Waals surface area contributed by atoms with E-state index in [4.69, 9.17) is 4.84 Å². The molecule has 0 aliphatic carbocycles. The highest BCUT2D eigenvalue weighted by Gasteiger charge is 2.38. The Morgan fingerprint density at radius 3 is 2.11 bits per heavy atom. The molecule has 7 nitrogen and oxygen atoms in total. The minimum absolute atomic E-state index is 0.0699. The molecule has 2 aromatic carbocycles. The van der Waals surface area contributed by atoms with Gasteiger partial charge >= 0.3 is 5.97 Å². The Morgan fingerprint density at radius 2 is 1.46 bits per heavy atom. The number of amides is 3. The Hall–Kier alpha value is -3.48. The zero-order valence-electron chi connectivity index (χ0n) is 15.2. The topological polar surface area (TPSA) is 92.8 Å². The van der Waals surface area contributed by atoms with Crippen LogP contribution in [0.2, 0.25) is 0 Å². The second-order valence-electron chi connectivity index (χ2n) is 6.35. The molecule has 0 bridgehead atoms. The standard InChI is InChI=1S/C21H20N2O5/c24-18(22-14-13-15-7-2-1-3-8-15)11-6-12-19(25)28-23-20(26)16-9-4-5-10-17(16)21(23)27/h1-5,7-10H,6,11-14H2,(H,22,24). The number of nitrogens with zero attached hydrogens (tertiary/aromatic N) is 1. The fraction of sp³-hybridized carbons (Fsp3) is 0.238. The number of rotatable bonds is 8. The molecule has 0 atom stereocenters. The fourth-order valence-corrected chi connectivity index (χ4v) is 2.87. The minimum atomic E-state index is -0.730. The largest absolute Gasteiger partial charge is 0.356 e. The number of hydrogen-bond acceptors (Lipinski definition) is 5. The first-order chi connectivity index (χ1) is 13.6. The van der Waals surface area contributed by atoms with Crippen LogP contribution in [-0.2, 0) is 20.8 Å². The lowest BCUT2D eigenvalue weighted by molar-refractivity contribution is -0.168. The third kappa shape index (κ3) is 4.62. The summed E-state index contributed by atoms with van der Waals surface area (Å²) < 4.78 is 0. The molecule has 1 aliphatic rings. The highest BCUT2D eigenvalue weighted by molar-refractivity contribution is 6.20. The van der Waals surface area contributed by atoms with Gasteiger partial charge in [0.1, 0.15) is 0 Å². The molecule has 2 aromatic rings. The van der Waals surface area contributed by atoms with E-state index in [1.165, 1.54) is 12.1 Å². The third-order valence-corrected chi connectivity index (χ3v) is 4.31. The average Bonchev–Trinajstić information content (AvgIpc) is 2.94. The molecule has 7 heteroatoms. The Labute approximate surface area is 162 Å². The maximum Gasteiger partial charge on any atom is 0.333 e. The zero-order chi connectivity index (χ0) is 19.9. The maximum atomic E-state index is 12.1. The molecule has 0 fully saturated rings. The van der Waals surface area contributed by atoms with Gasteiger partial charge in [-0.15, -0.1) is 0 Å². The molecule has 144 valence electrons. The summed E-state index contributed by atoms with van der Waals surface area (Å²) in [6.45, 7) is 0.516. The normalized spacial score (nSPS) is 12.6. The highest BCUT2D eigenvalue weighted by atomic mass is 16.7. The first kappa shape index (κ1) is 19.3. The monoisotopic (exact) mass is 380 g/mol. The van der Waals surface area contributed by atoms with Crippen molar-refractivity contribution in [1.82, 2.24) is 10.4 Å². The van der Waals surface area contributed by atoms with Gasteiger partial charge in [-0.3, -0.25) is 14.4 Å². The minimum Gasteiger partial charge on any atom is -0.356 e. The molecule has 1 aliphatic heterocycles. The lowest BCUT2D eigenvalue weighted by Gasteiger charge is -2.12. The molecular formula is C21H20N2O5. The molecule has 3 rings (SSSR count). The van der Waals surface area contributed by atoms with Crippen LogP contribution in [-0.4, -0.2) is 35.3 Å². The van der Waals surface area contributed by atoms with E-state index in [1.54, 1.807) is 12.1 Å². The van der Waals surface area contributed by atoms with Gasteiger partial charge < -0.3 is 10.2 Å². The van der Waals surface area contributed by atoms with Crippen molar-refractivity contribution in [3.63, 3.8) is 0 Å². The number of nitrogens with one attached hydrogen (secondary N) is 1. The van der Waals surface area contributed by atoms with Crippen LogP contribution in [0.15, 0.2) is 54.6 Å². The van der Waals surface area contributed by atoms with Crippen LogP contribution in [0, 0.1) is 0 Å². The lowest BCUT2D eigenvalue weighted by Crippen LogP contribution is -2.32. The molecule has 0 spiro atoms. The summed E-state index contributed by atoms with van der Waals surface area (Å²) in [4.78, 5) is 52.9. The first-order valence-electron chi connectivity index (χ1n) is 9.05. The fourth-order valence-electron chi connectivity index (χ4n) is 2.87. The average molecular weight is 380 g/mol. The van der Waals surface area contributed by atoms with Crippen LogP contribution in [0.4, 0.5) is 0 Å². The van der Waals surface area contributed by atoms with Gasteiger partial charge in [-0.2, -0.15) is 0 Å². The van der Waals surface area contributed by atoms with Crippen molar-refractivity contribution >= 4 is 23.7 Å². The van der Waals surface area contributed by atoms with Gasteiger partial charge in [-0.25, -0.2) is 4.79 Å². The summed E-state index contributed by atoms with van der Waals surface area (Å²) in [6.07, 6.45) is 1.08. The number of benzene rings is 2. The molecule has 0 radical (unpaired) electrons. The second kappa shape index (κ2) is 8.94. The van der Waals surface area contributed by atoms with Crippen LogP contribution in [0.3, 0.4) is 0 Å². The van der Waals surface area contributed by atoms with E-state index in [0.717, 1.165) is 12.0 Å². The Bertz CT molecular complexity index is 860. The van der Waals surface area contributed by atoms with E-state index in [9.17, 15) is 19.2 Å². The second-order valence-corrected chi connectivity index (χ2v) is 6.35. The molecular weight excluding hydrogens is 360 g/mol. The number of hydrogen-bond donors (Lipinski definition) is 1. The molecule has 1 N–H and O–H groups in total. The van der Waals surface area contributed by atoms with Crippen LogP contribution >= 0.6 is 0 Å². The van der Waals surface area contributed by atoms with Gasteiger partial charge in [0.15, 0.2) is 0 Å². The molecule has 0 saturated carbocycles. The highest BCUT2D eigenvalue weighted by Crippen LogP contribution is 2.22. The predicted octanol–water partition coefficient (Wildman–Crippen LogP) is 2.27. The van der Waals surface area contributed by atoms with E-state index < -0.39 is 17.8 Å². The first-order valence-corrected chi connectivity index (χ1v) is 9.05. The smallest absolute Gasteiger partial charge is 0.333 e. The zero-order valence-corrected chi connectivity index (χ0v) is 15.2. The van der Waals surface area contributed by atoms with Gasteiger partial charge in [-0.05, 0) is 30.5 Å². The van der Waals surface area contributed by atoms with E-state index in [-0.39, 0.29) is 36.3 Å². The van der Waals surface area contributed by atoms with Gasteiger partial charge in [0, 0.05) is 19.4 Å². The van der Waals surface area contributed by atoms with Crippen molar-refractivity contribution in [2.24, 2.45) is 0 Å². The predicted molar refractivity (Wildman–Crippen MR) is 100 cm³/mol. The molecule has 0 saturated heterocycles. The summed E-state index contributed by atoms with van der Waals surface area (Å²) in [5.74, 6) is -2.21. The van der Waals surface area contributed by atoms with Crippen molar-refractivity contribution < 1.29 is 24.0 Å². The lowest BCUT2D eigenvalue weighted by atomic mass is 10.1. The Kier molecular flexibility index (Phi) is 6.16. The van der Waals surface area contributed by atoms with Crippen LogP contribution < -0.4 is 5.32 Å². The summed E-state index contributed by atoms with van der Waals surface area (Å²) in [5, 5.41) is 3.27. The maximum absolute atomic E-state index is 12.1. The van der Waals surface area contributed by atoms with E-state index in [2.05, 4.69) is 5.32 Å². The van der Waals surface area contributed by atoms with Crippen molar-refractivity contribution in [2.45, 2.75) is 25.7 Å². The van der Waals surface area contributed by atoms with Gasteiger partial charge in [-0.1, -0.05) is 47.5 Å². The van der Waals surface area contributed by atoms with Crippen LogP contribution in [0.5, 0.6) is 0 Å². The summed E-state index contributed by atoms with van der Waals surface area (Å²) in [5.41, 5.74) is 1.54. The number of fused-ring (bicyclic) bond motifs is 1. The van der Waals surface area contributed by atoms with Crippen LogP contribution in [0.25, 0.3) is 0 Å². The number of carbonyl (C=O) groups is 4. The van der Waals surface area contributed by atoms with Gasteiger partial charge in [0.25, 0.3) is 11.8 Å². The molecule has 28 heavy (non-hydrogen) atoms. The van der Waals surface area contributed by atoms with E-state index in [1.807, 2.05) is 30.3 Å². The summed E-state index contributed by atoms with van der Waals surface area (Å²) in [6, 6.07) is 16.1. The van der Waals surface area contributed by atoms with Gasteiger partial charge in [0.05, 0.1) is 11.1 Å². The Morgan fingerprint density at radius 1 is 0.857 bits per heavy atom. The quantitative estimate of drug-likeness (QED) is 0.709. The van der Waals surface area contributed by atoms with Crippen molar-refractivity contribution in [1.29, 1.82) is 0 Å². The molecule has 1 heterocycles. The molecule has 3 amide bonds. The Balaban J connectivity index is 1.36. The number of imide groups is 1. The van der Waals surface area contributed by atoms with Crippen molar-refractivity contribution in [3.05, 3.63) is 71.3 Å². The number of carbonyl (C=O) groups excluding carboxylic acids is 4. The van der Waals surface area contributed by atoms with Crippen molar-refractivity contribution in [3.8, 4) is 0 Å². The number of hydroxylamine groups is 2. The summed E-state index contributed by atoms with van der Waals surface area (Å²) >= 11 is 0. The van der Waals surface area contributed by atoms with Gasteiger partial charge in [0.2, 0.25) is 5.91 Å². The molecule has 0 aromatic heterocycles.